The van der Waals surface area contributed by atoms with E-state index in [4.69, 9.17) is 14.6 Å². The van der Waals surface area contributed by atoms with Crippen molar-refractivity contribution in [3.05, 3.63) is 59.7 Å². The normalized spacial score (nSPS) is 24.7. The van der Waals surface area contributed by atoms with Crippen molar-refractivity contribution >= 4 is 18.0 Å². The first-order valence-electron chi connectivity index (χ1n) is 11.7. The third-order valence-corrected chi connectivity index (χ3v) is 7.11. The number of carbonyl (C=O) groups is 3. The molecule has 1 saturated heterocycles. The van der Waals surface area contributed by atoms with Gasteiger partial charge in [-0.1, -0.05) is 48.5 Å². The van der Waals surface area contributed by atoms with Crippen molar-refractivity contribution in [1.82, 2.24) is 10.6 Å². The lowest BCUT2D eigenvalue weighted by molar-refractivity contribution is -0.149. The van der Waals surface area contributed by atoms with Crippen molar-refractivity contribution in [2.24, 2.45) is 17.8 Å². The number of nitrogens with one attached hydrogen (secondary N) is 2. The summed E-state index contributed by atoms with van der Waals surface area (Å²) in [7, 11) is 0. The van der Waals surface area contributed by atoms with Gasteiger partial charge in [0.05, 0.1) is 0 Å². The molecule has 2 aromatic carbocycles. The molecule has 1 aliphatic heterocycles. The Bertz CT molecular complexity index is 1060. The maximum absolute atomic E-state index is 12.4. The van der Waals surface area contributed by atoms with Crippen LogP contribution in [0.1, 0.15) is 29.9 Å². The van der Waals surface area contributed by atoms with E-state index in [2.05, 4.69) is 34.9 Å². The average molecular weight is 465 g/mol. The predicted molar refractivity (Wildman–Crippen MR) is 123 cm³/mol. The maximum atomic E-state index is 12.4. The smallest absolute Gasteiger partial charge is 0.407 e. The highest BCUT2D eigenvalue weighted by Gasteiger charge is 2.43. The Hall–Kier alpha value is -3.39. The van der Waals surface area contributed by atoms with Gasteiger partial charge in [0.2, 0.25) is 5.91 Å². The van der Waals surface area contributed by atoms with Gasteiger partial charge >= 0.3 is 12.1 Å². The van der Waals surface area contributed by atoms with Gasteiger partial charge in [0.25, 0.3) is 0 Å². The number of aliphatic carboxylic acids is 1. The molecule has 1 saturated carbocycles. The number of carboxylic acids is 1. The summed E-state index contributed by atoms with van der Waals surface area (Å²) >= 11 is 0. The predicted octanol–water partition coefficient (Wildman–Crippen LogP) is 2.77. The Morgan fingerprint density at radius 3 is 2.26 bits per heavy atom. The molecule has 2 amide bonds. The van der Waals surface area contributed by atoms with E-state index < -0.39 is 18.2 Å². The van der Waals surface area contributed by atoms with E-state index in [0.29, 0.717) is 32.5 Å². The van der Waals surface area contributed by atoms with E-state index in [1.807, 2.05) is 24.3 Å². The highest BCUT2D eigenvalue weighted by molar-refractivity contribution is 5.82. The van der Waals surface area contributed by atoms with Crippen LogP contribution in [0, 0.1) is 17.8 Å². The summed E-state index contributed by atoms with van der Waals surface area (Å²) in [5, 5.41) is 14.8. The summed E-state index contributed by atoms with van der Waals surface area (Å²) in [6.45, 7) is 1.31. The lowest BCUT2D eigenvalue weighted by Crippen LogP contribution is -2.37. The molecule has 178 valence electrons. The molecule has 8 nitrogen and oxygen atoms in total. The van der Waals surface area contributed by atoms with E-state index in [0.717, 1.165) is 11.1 Å². The summed E-state index contributed by atoms with van der Waals surface area (Å²) in [6, 6.07) is 16.4. The molecule has 2 fully saturated rings. The molecule has 2 aromatic rings. The number of ether oxygens (including phenoxy) is 2. The zero-order valence-electron chi connectivity index (χ0n) is 18.7. The van der Waals surface area contributed by atoms with Crippen molar-refractivity contribution in [3.63, 3.8) is 0 Å². The van der Waals surface area contributed by atoms with Crippen molar-refractivity contribution in [2.75, 3.05) is 26.3 Å². The standard InChI is InChI=1S/C26H28N2O6/c29-24(27-12-15-9-10-33-23(15)25(30)31)21-11-16(21)13-28-26(32)34-14-22-19-7-3-1-5-17(19)18-6-2-4-8-20(18)22/h1-8,15-16,21-23H,9-14H2,(H,27,29)(H,28,32)(H,30,31)/t15-,16-,21-,23-/m0/s1. The molecule has 3 N–H and O–H groups in total. The molecular weight excluding hydrogens is 436 g/mol. The summed E-state index contributed by atoms with van der Waals surface area (Å²) in [4.78, 5) is 35.9. The molecule has 34 heavy (non-hydrogen) atoms. The first kappa shape index (κ1) is 22.4. The van der Waals surface area contributed by atoms with Gasteiger partial charge in [-0.05, 0) is 41.0 Å². The molecule has 8 heteroatoms. The Kier molecular flexibility index (Phi) is 6.24. The van der Waals surface area contributed by atoms with Crippen LogP contribution in [0.5, 0.6) is 0 Å². The lowest BCUT2D eigenvalue weighted by Gasteiger charge is -2.15. The first-order valence-corrected chi connectivity index (χ1v) is 11.7. The van der Waals surface area contributed by atoms with Crippen LogP contribution in [0.4, 0.5) is 4.79 Å². The van der Waals surface area contributed by atoms with E-state index in [1.165, 1.54) is 11.1 Å². The SMILES string of the molecule is O=C(NC[C@@H]1C[C@@H]1C(=O)NC[C@@H]1CCO[C@@H]1C(=O)O)OCC1c2ccccc2-c2ccccc21. The molecule has 2 aliphatic carbocycles. The molecule has 0 unspecified atom stereocenters. The second-order valence-electron chi connectivity index (χ2n) is 9.23. The number of alkyl carbamates (subject to hydrolysis) is 1. The molecule has 0 aromatic heterocycles. The third kappa shape index (κ3) is 4.50. The van der Waals surface area contributed by atoms with Crippen molar-refractivity contribution in [2.45, 2.75) is 24.9 Å². The third-order valence-electron chi connectivity index (χ3n) is 7.11. The van der Waals surface area contributed by atoms with Crippen LogP contribution in [0.2, 0.25) is 0 Å². The average Bonchev–Trinajstić information content (AvgIpc) is 3.34. The van der Waals surface area contributed by atoms with Crippen LogP contribution in [0.25, 0.3) is 11.1 Å². The molecule has 0 spiro atoms. The zero-order chi connectivity index (χ0) is 23.7. The quantitative estimate of drug-likeness (QED) is 0.554. The Labute approximate surface area is 197 Å². The number of hydrogen-bond acceptors (Lipinski definition) is 5. The molecule has 0 bridgehead atoms. The van der Waals surface area contributed by atoms with Crippen molar-refractivity contribution in [1.29, 1.82) is 0 Å². The van der Waals surface area contributed by atoms with Crippen LogP contribution in [-0.4, -0.2) is 55.5 Å². The largest absolute Gasteiger partial charge is 0.479 e. The first-order chi connectivity index (χ1) is 16.5. The molecular formula is C26H28N2O6. The van der Waals surface area contributed by atoms with Gasteiger partial charge in [-0.2, -0.15) is 0 Å². The van der Waals surface area contributed by atoms with Gasteiger partial charge < -0.3 is 25.2 Å². The molecule has 5 rings (SSSR count). The molecule has 4 atom stereocenters. The summed E-state index contributed by atoms with van der Waals surface area (Å²) < 4.78 is 10.8. The van der Waals surface area contributed by atoms with Crippen molar-refractivity contribution < 1.29 is 29.0 Å². The fourth-order valence-corrected chi connectivity index (χ4v) is 5.14. The minimum absolute atomic E-state index is 0.00629. The van der Waals surface area contributed by atoms with Crippen LogP contribution in [0.15, 0.2) is 48.5 Å². The summed E-state index contributed by atoms with van der Waals surface area (Å²) in [6.07, 6.45) is -0.0286. The Morgan fingerprint density at radius 1 is 0.941 bits per heavy atom. The lowest BCUT2D eigenvalue weighted by atomic mass is 9.98. The summed E-state index contributed by atoms with van der Waals surface area (Å²) in [5.74, 6) is -1.40. The monoisotopic (exact) mass is 464 g/mol. The van der Waals surface area contributed by atoms with Gasteiger partial charge in [-0.25, -0.2) is 9.59 Å². The minimum atomic E-state index is -0.992. The second-order valence-corrected chi connectivity index (χ2v) is 9.23. The molecule has 3 aliphatic rings. The Morgan fingerprint density at radius 2 is 1.59 bits per heavy atom. The fourth-order valence-electron chi connectivity index (χ4n) is 5.14. The highest BCUT2D eigenvalue weighted by atomic mass is 16.5. The second kappa shape index (κ2) is 9.46. The Balaban J connectivity index is 1.06. The van der Waals surface area contributed by atoms with E-state index >= 15 is 0 Å². The highest BCUT2D eigenvalue weighted by Crippen LogP contribution is 2.44. The van der Waals surface area contributed by atoms with Crippen LogP contribution in [-0.2, 0) is 19.1 Å². The van der Waals surface area contributed by atoms with Gasteiger partial charge in [-0.3, -0.25) is 4.79 Å². The zero-order valence-corrected chi connectivity index (χ0v) is 18.7. The van der Waals surface area contributed by atoms with Crippen molar-refractivity contribution in [3.8, 4) is 11.1 Å². The van der Waals surface area contributed by atoms with Gasteiger partial charge in [0.15, 0.2) is 6.10 Å². The maximum Gasteiger partial charge on any atom is 0.407 e. The van der Waals surface area contributed by atoms with Gasteiger partial charge in [0.1, 0.15) is 6.61 Å². The van der Waals surface area contributed by atoms with Crippen LogP contribution in [0.3, 0.4) is 0 Å². The molecule has 0 radical (unpaired) electrons. The summed E-state index contributed by atoms with van der Waals surface area (Å²) in [5.41, 5.74) is 4.68. The van der Waals surface area contributed by atoms with Crippen LogP contribution < -0.4 is 10.6 Å². The number of hydrogen-bond donors (Lipinski definition) is 3. The van der Waals surface area contributed by atoms with E-state index in [-0.39, 0.29) is 36.2 Å². The fraction of sp³-hybridized carbons (Fsp3) is 0.423. The van der Waals surface area contributed by atoms with Crippen LogP contribution >= 0.6 is 0 Å². The minimum Gasteiger partial charge on any atom is -0.479 e. The van der Waals surface area contributed by atoms with E-state index in [9.17, 15) is 14.4 Å². The van der Waals surface area contributed by atoms with E-state index in [1.54, 1.807) is 0 Å². The number of carbonyl (C=O) groups excluding carboxylic acids is 2. The topological polar surface area (TPSA) is 114 Å². The van der Waals surface area contributed by atoms with Gasteiger partial charge in [-0.15, -0.1) is 0 Å². The number of carboxylic acid groups (broad SMARTS) is 1. The molecule has 1 heterocycles. The number of amides is 2. The van der Waals surface area contributed by atoms with Gasteiger partial charge in [0, 0.05) is 37.5 Å². The number of fused-ring (bicyclic) bond motifs is 3. The number of rotatable bonds is 8. The number of benzene rings is 2.